The van der Waals surface area contributed by atoms with Crippen LogP contribution in [0.3, 0.4) is 0 Å². The highest BCUT2D eigenvalue weighted by Gasteiger charge is 2.39. The summed E-state index contributed by atoms with van der Waals surface area (Å²) >= 11 is 6.12. The minimum Gasteiger partial charge on any atom is -0.363 e. The fraction of sp³-hybridized carbons (Fsp3) is 0.407. The van der Waals surface area contributed by atoms with Crippen LogP contribution in [0.2, 0.25) is 5.02 Å². The van der Waals surface area contributed by atoms with Gasteiger partial charge >= 0.3 is 0 Å². The van der Waals surface area contributed by atoms with Crippen LogP contribution in [0.25, 0.3) is 0 Å². The molecule has 0 fully saturated rings. The molecule has 0 unspecified atom stereocenters. The van der Waals surface area contributed by atoms with Crippen LogP contribution in [0, 0.1) is 6.92 Å². The van der Waals surface area contributed by atoms with Gasteiger partial charge in [-0.3, -0.25) is 4.79 Å². The highest BCUT2D eigenvalue weighted by atomic mass is 35.5. The lowest BCUT2D eigenvalue weighted by molar-refractivity contribution is 0.0889. The molecule has 6 heteroatoms. The number of nitrogens with zero attached hydrogens (tertiary/aromatic N) is 2. The van der Waals surface area contributed by atoms with Crippen LogP contribution in [0.15, 0.2) is 54.6 Å². The fourth-order valence-corrected chi connectivity index (χ4v) is 5.14. The van der Waals surface area contributed by atoms with Crippen molar-refractivity contribution in [3.05, 3.63) is 82.0 Å². The fourth-order valence-electron chi connectivity index (χ4n) is 5.01. The van der Waals surface area contributed by atoms with Gasteiger partial charge in [0.1, 0.15) is 11.4 Å². The molecule has 1 aliphatic rings. The summed E-state index contributed by atoms with van der Waals surface area (Å²) < 4.78 is 1.98. The maximum absolute atomic E-state index is 13.8. The zero-order valence-corrected chi connectivity index (χ0v) is 20.8. The van der Waals surface area contributed by atoms with E-state index in [1.165, 1.54) is 5.56 Å². The van der Waals surface area contributed by atoms with E-state index in [4.69, 9.17) is 16.7 Å². The van der Waals surface area contributed by atoms with E-state index in [1.54, 1.807) is 0 Å². The highest BCUT2D eigenvalue weighted by molar-refractivity contribution is 6.30. The third-order valence-electron chi connectivity index (χ3n) is 7.03. The quantitative estimate of drug-likeness (QED) is 0.433. The largest absolute Gasteiger partial charge is 0.363 e. The van der Waals surface area contributed by atoms with Crippen LogP contribution >= 0.6 is 11.6 Å². The summed E-state index contributed by atoms with van der Waals surface area (Å²) in [5, 5.41) is 12.5. The molecule has 2 N–H and O–H groups in total. The van der Waals surface area contributed by atoms with Crippen molar-refractivity contribution in [2.75, 3.05) is 5.32 Å². The molecular formula is C27H33ClN4O. The third-order valence-corrected chi connectivity index (χ3v) is 7.29. The second-order valence-corrected chi connectivity index (χ2v) is 10.0. The Hall–Kier alpha value is -2.79. The molecule has 0 bridgehead atoms. The van der Waals surface area contributed by atoms with Crippen LogP contribution in [-0.2, 0) is 11.1 Å². The molecule has 0 aliphatic carbocycles. The van der Waals surface area contributed by atoms with Crippen LogP contribution in [0.5, 0.6) is 0 Å². The standard InChI is InChI=1S/C27H33ClN4O/c1-6-27(7-2,20-13-15-21(28)16-14-20)30-25(33)23-18(3)31-32-24(23)29-22(17-26(32,4)5)19-11-9-8-10-12-19/h8-16,22,29H,6-7,17H2,1-5H3,(H,30,33)/t22-/m1/s1. The van der Waals surface area contributed by atoms with E-state index in [2.05, 4.69) is 62.6 Å². The molecule has 1 atom stereocenters. The molecular weight excluding hydrogens is 432 g/mol. The summed E-state index contributed by atoms with van der Waals surface area (Å²) in [6.45, 7) is 10.5. The highest BCUT2D eigenvalue weighted by Crippen LogP contribution is 2.41. The van der Waals surface area contributed by atoms with Gasteiger partial charge in [0.25, 0.3) is 5.91 Å². The molecule has 1 aromatic heterocycles. The number of hydrogen-bond acceptors (Lipinski definition) is 3. The first kappa shape index (κ1) is 23.4. The van der Waals surface area contributed by atoms with E-state index >= 15 is 0 Å². The number of carbonyl (C=O) groups is 1. The predicted molar refractivity (Wildman–Crippen MR) is 135 cm³/mol. The average Bonchev–Trinajstić information content (AvgIpc) is 3.15. The van der Waals surface area contributed by atoms with Gasteiger partial charge in [0.2, 0.25) is 0 Å². The Balaban J connectivity index is 1.72. The van der Waals surface area contributed by atoms with Crippen LogP contribution in [0.1, 0.15) is 80.2 Å². The molecule has 5 nitrogen and oxygen atoms in total. The second-order valence-electron chi connectivity index (χ2n) is 9.60. The Morgan fingerprint density at radius 3 is 2.39 bits per heavy atom. The number of fused-ring (bicyclic) bond motifs is 1. The van der Waals surface area contributed by atoms with Crippen LogP contribution in [0.4, 0.5) is 5.82 Å². The molecule has 174 valence electrons. The van der Waals surface area contributed by atoms with E-state index in [-0.39, 0.29) is 17.5 Å². The van der Waals surface area contributed by atoms with Crippen molar-refractivity contribution in [3.8, 4) is 0 Å². The van der Waals surface area contributed by atoms with Gasteiger partial charge in [-0.2, -0.15) is 5.10 Å². The normalized spacial score (nSPS) is 17.2. The van der Waals surface area contributed by atoms with Crippen molar-refractivity contribution in [2.45, 2.75) is 71.0 Å². The third kappa shape index (κ3) is 4.26. The number of anilines is 1. The lowest BCUT2D eigenvalue weighted by atomic mass is 9.84. The number of aryl methyl sites for hydroxylation is 1. The van der Waals surface area contributed by atoms with E-state index in [9.17, 15) is 4.79 Å². The Morgan fingerprint density at radius 1 is 1.15 bits per heavy atom. The number of nitrogens with one attached hydrogen (secondary N) is 2. The zero-order chi connectivity index (χ0) is 23.8. The lowest BCUT2D eigenvalue weighted by Gasteiger charge is -2.38. The van der Waals surface area contributed by atoms with Gasteiger partial charge in [-0.25, -0.2) is 4.68 Å². The van der Waals surface area contributed by atoms with E-state index in [0.717, 1.165) is 36.3 Å². The summed E-state index contributed by atoms with van der Waals surface area (Å²) in [6.07, 6.45) is 2.42. The molecule has 1 amide bonds. The number of carbonyl (C=O) groups excluding carboxylic acids is 1. The van der Waals surface area contributed by atoms with Crippen LogP contribution in [-0.4, -0.2) is 15.7 Å². The van der Waals surface area contributed by atoms with E-state index in [0.29, 0.717) is 10.6 Å². The predicted octanol–water partition coefficient (Wildman–Crippen LogP) is 6.58. The van der Waals surface area contributed by atoms with Gasteiger partial charge < -0.3 is 10.6 Å². The van der Waals surface area contributed by atoms with Crippen molar-refractivity contribution in [1.29, 1.82) is 0 Å². The minimum absolute atomic E-state index is 0.106. The van der Waals surface area contributed by atoms with Gasteiger partial charge in [0, 0.05) is 5.02 Å². The average molecular weight is 465 g/mol. The number of amides is 1. The van der Waals surface area contributed by atoms with Crippen molar-refractivity contribution in [3.63, 3.8) is 0 Å². The maximum Gasteiger partial charge on any atom is 0.257 e. The van der Waals surface area contributed by atoms with E-state index < -0.39 is 5.54 Å². The lowest BCUT2D eigenvalue weighted by Crippen LogP contribution is -2.45. The van der Waals surface area contributed by atoms with Gasteiger partial charge in [-0.1, -0.05) is 67.9 Å². The second kappa shape index (κ2) is 8.86. The van der Waals surface area contributed by atoms with Crippen molar-refractivity contribution in [2.24, 2.45) is 0 Å². The van der Waals surface area contributed by atoms with Gasteiger partial charge in [0.05, 0.1) is 22.8 Å². The zero-order valence-electron chi connectivity index (χ0n) is 20.1. The Kier molecular flexibility index (Phi) is 6.28. The molecule has 2 aromatic carbocycles. The summed E-state index contributed by atoms with van der Waals surface area (Å²) in [7, 11) is 0. The Morgan fingerprint density at radius 2 is 1.79 bits per heavy atom. The first-order valence-electron chi connectivity index (χ1n) is 11.7. The smallest absolute Gasteiger partial charge is 0.257 e. The minimum atomic E-state index is -0.480. The number of hydrogen-bond donors (Lipinski definition) is 2. The topological polar surface area (TPSA) is 59.0 Å². The Bertz CT molecular complexity index is 1130. The molecule has 0 radical (unpaired) electrons. The Labute approximate surface area is 201 Å². The number of benzene rings is 2. The SMILES string of the molecule is CCC(CC)(NC(=O)c1c(C)nn2c1N[C@@H](c1ccccc1)CC2(C)C)c1ccc(Cl)cc1. The van der Waals surface area contributed by atoms with Crippen molar-refractivity contribution >= 4 is 23.3 Å². The molecule has 4 rings (SSSR count). The first-order valence-corrected chi connectivity index (χ1v) is 12.1. The molecule has 2 heterocycles. The van der Waals surface area contributed by atoms with Crippen LogP contribution < -0.4 is 10.6 Å². The number of rotatable bonds is 6. The van der Waals surface area contributed by atoms with Crippen molar-refractivity contribution in [1.82, 2.24) is 15.1 Å². The summed E-state index contributed by atoms with van der Waals surface area (Å²) in [5.41, 5.74) is 2.90. The molecule has 0 saturated heterocycles. The van der Waals surface area contributed by atoms with Crippen molar-refractivity contribution < 1.29 is 4.79 Å². The molecule has 1 aliphatic heterocycles. The number of aromatic nitrogens is 2. The molecule has 0 saturated carbocycles. The van der Waals surface area contributed by atoms with E-state index in [1.807, 2.05) is 41.9 Å². The van der Waals surface area contributed by atoms with Gasteiger partial charge in [-0.05, 0) is 63.3 Å². The summed E-state index contributed by atoms with van der Waals surface area (Å²) in [5.74, 6) is 0.678. The molecule has 0 spiro atoms. The summed E-state index contributed by atoms with van der Waals surface area (Å²) in [6, 6.07) is 18.3. The monoisotopic (exact) mass is 464 g/mol. The first-order chi connectivity index (χ1) is 15.7. The maximum atomic E-state index is 13.8. The molecule has 3 aromatic rings. The number of halogens is 1. The molecule has 33 heavy (non-hydrogen) atoms. The van der Waals surface area contributed by atoms with Gasteiger partial charge in [-0.15, -0.1) is 0 Å². The van der Waals surface area contributed by atoms with Gasteiger partial charge in [0.15, 0.2) is 0 Å². The summed E-state index contributed by atoms with van der Waals surface area (Å²) in [4.78, 5) is 13.8.